The maximum absolute atomic E-state index is 12.1. The number of anilines is 2. The highest BCUT2D eigenvalue weighted by molar-refractivity contribution is 9.10. The Bertz CT molecular complexity index is 1540. The first-order chi connectivity index (χ1) is 18.8. The fourth-order valence-electron chi connectivity index (χ4n) is 5.11. The van der Waals surface area contributed by atoms with Gasteiger partial charge in [-0.15, -0.1) is 0 Å². The number of aryl methyl sites for hydroxylation is 1. The van der Waals surface area contributed by atoms with E-state index in [1.165, 1.54) is 7.11 Å². The predicted octanol–water partition coefficient (Wildman–Crippen LogP) is 6.67. The summed E-state index contributed by atoms with van der Waals surface area (Å²) >= 11 is 16.3. The average Bonchev–Trinajstić information content (AvgIpc) is 3.41. The zero-order valence-electron chi connectivity index (χ0n) is 21.6. The van der Waals surface area contributed by atoms with Gasteiger partial charge < -0.3 is 24.8 Å². The summed E-state index contributed by atoms with van der Waals surface area (Å²) in [7, 11) is 1.47. The molecular formula is C29H27BrClN5O2S. The molecule has 0 spiro atoms. The number of nitrogens with one attached hydrogen (secondary N) is 2. The van der Waals surface area contributed by atoms with Crippen molar-refractivity contribution in [1.29, 1.82) is 0 Å². The topological polar surface area (TPSA) is 71.4 Å². The van der Waals surface area contributed by atoms with Gasteiger partial charge in [0.25, 0.3) is 0 Å². The summed E-state index contributed by atoms with van der Waals surface area (Å²) < 4.78 is 8.17. The van der Waals surface area contributed by atoms with Crippen molar-refractivity contribution in [2.24, 2.45) is 0 Å². The summed E-state index contributed by atoms with van der Waals surface area (Å²) in [6.45, 7) is 4.17. The third kappa shape index (κ3) is 5.32. The number of ether oxygens (including phenoxy) is 1. The molecule has 0 aliphatic carbocycles. The van der Waals surface area contributed by atoms with Gasteiger partial charge >= 0.3 is 0 Å². The number of thiocarbonyl (C=S) groups is 1. The first-order valence-electron chi connectivity index (χ1n) is 12.3. The minimum absolute atomic E-state index is 0.0564. The van der Waals surface area contributed by atoms with Crippen molar-refractivity contribution >= 4 is 62.1 Å². The molecule has 2 atom stereocenters. The van der Waals surface area contributed by atoms with E-state index < -0.39 is 0 Å². The van der Waals surface area contributed by atoms with E-state index in [1.54, 1.807) is 12.3 Å². The Morgan fingerprint density at radius 1 is 1.15 bits per heavy atom. The molecule has 1 fully saturated rings. The third-order valence-electron chi connectivity index (χ3n) is 6.76. The zero-order valence-corrected chi connectivity index (χ0v) is 24.8. The van der Waals surface area contributed by atoms with Gasteiger partial charge in [0, 0.05) is 34.9 Å². The summed E-state index contributed by atoms with van der Waals surface area (Å²) in [6, 6.07) is 21.4. The normalized spacial score (nSPS) is 16.8. The molecule has 0 radical (unpaired) electrons. The summed E-state index contributed by atoms with van der Waals surface area (Å²) in [5.41, 5.74) is 6.55. The molecule has 1 aliphatic heterocycles. The molecule has 0 saturated carbocycles. The second kappa shape index (κ2) is 11.5. The van der Waals surface area contributed by atoms with Crippen molar-refractivity contribution < 1.29 is 9.53 Å². The number of carbonyl (C=O) groups excluding carboxylic acids is 1. The maximum Gasteiger partial charge on any atom is 0.250 e. The Morgan fingerprint density at radius 2 is 1.92 bits per heavy atom. The molecule has 4 aromatic rings. The largest absolute Gasteiger partial charge is 0.375 e. The van der Waals surface area contributed by atoms with Crippen LogP contribution >= 0.6 is 39.7 Å². The van der Waals surface area contributed by atoms with Crippen LogP contribution in [0, 0.1) is 13.8 Å². The minimum Gasteiger partial charge on any atom is -0.375 e. The van der Waals surface area contributed by atoms with Gasteiger partial charge in [0.15, 0.2) is 5.11 Å². The van der Waals surface area contributed by atoms with Gasteiger partial charge in [-0.1, -0.05) is 29.8 Å². The molecule has 3 heterocycles. The van der Waals surface area contributed by atoms with Gasteiger partial charge in [-0.25, -0.2) is 0 Å². The van der Waals surface area contributed by atoms with Crippen LogP contribution in [0.5, 0.6) is 0 Å². The number of hydrogen-bond donors (Lipinski definition) is 2. The van der Waals surface area contributed by atoms with Crippen molar-refractivity contribution in [3.05, 3.63) is 105 Å². The number of aromatic nitrogens is 2. The SMILES string of the molecule is COCC(=O)Nc1ccc(N2C(=S)N[C@@H](c3ccccn3)[C@H]2c2cc(C)n(-c3ccccc3Br)c2C)cc1Cl. The van der Waals surface area contributed by atoms with Crippen LogP contribution in [-0.4, -0.2) is 34.3 Å². The van der Waals surface area contributed by atoms with E-state index >= 15 is 0 Å². The van der Waals surface area contributed by atoms with Crippen LogP contribution in [0.15, 0.2) is 77.4 Å². The summed E-state index contributed by atoms with van der Waals surface area (Å²) in [5.74, 6) is -0.280. The van der Waals surface area contributed by atoms with Gasteiger partial charge in [0.2, 0.25) is 5.91 Å². The van der Waals surface area contributed by atoms with Crippen molar-refractivity contribution in [3.63, 3.8) is 0 Å². The number of rotatable bonds is 7. The second-order valence-electron chi connectivity index (χ2n) is 9.26. The van der Waals surface area contributed by atoms with Crippen LogP contribution in [0.3, 0.4) is 0 Å². The van der Waals surface area contributed by atoms with Gasteiger partial charge in [-0.3, -0.25) is 9.78 Å². The van der Waals surface area contributed by atoms with E-state index in [-0.39, 0.29) is 24.6 Å². The molecule has 1 amide bonds. The molecule has 2 N–H and O–H groups in total. The molecule has 10 heteroatoms. The van der Waals surface area contributed by atoms with Crippen LogP contribution in [0.1, 0.15) is 34.7 Å². The van der Waals surface area contributed by atoms with Crippen LogP contribution in [0.4, 0.5) is 11.4 Å². The molecule has 7 nitrogen and oxygen atoms in total. The Kier molecular flexibility index (Phi) is 8.04. The van der Waals surface area contributed by atoms with Gasteiger partial charge in [-0.05, 0) is 96.1 Å². The minimum atomic E-state index is -0.280. The molecule has 0 bridgehead atoms. The first kappa shape index (κ1) is 27.3. The predicted molar refractivity (Wildman–Crippen MR) is 163 cm³/mol. The van der Waals surface area contributed by atoms with Gasteiger partial charge in [0.1, 0.15) is 6.61 Å². The van der Waals surface area contributed by atoms with Crippen LogP contribution in [0.2, 0.25) is 5.02 Å². The molecular weight excluding hydrogens is 598 g/mol. The standard InChI is InChI=1S/C29H27BrClN5O2S/c1-17-14-20(18(2)35(17)25-10-5-4-8-21(25)30)28-27(24-9-6-7-13-32-24)34-29(39)36(28)19-11-12-23(22(31)15-19)33-26(37)16-38-3/h4-15,27-28H,16H2,1-3H3,(H,33,37)(H,34,39)/t27-,28+/m0/s1. The lowest BCUT2D eigenvalue weighted by atomic mass is 9.96. The van der Waals surface area contributed by atoms with Crippen LogP contribution < -0.4 is 15.5 Å². The quantitative estimate of drug-likeness (QED) is 0.224. The monoisotopic (exact) mass is 623 g/mol. The van der Waals surface area contributed by atoms with Crippen molar-refractivity contribution in [3.8, 4) is 5.69 Å². The van der Waals surface area contributed by atoms with E-state index in [0.717, 1.165) is 38.5 Å². The highest BCUT2D eigenvalue weighted by Crippen LogP contribution is 2.45. The smallest absolute Gasteiger partial charge is 0.250 e. The van der Waals surface area contributed by atoms with Crippen molar-refractivity contribution in [2.75, 3.05) is 23.9 Å². The van der Waals surface area contributed by atoms with Crippen LogP contribution in [0.25, 0.3) is 5.69 Å². The number of hydrogen-bond acceptors (Lipinski definition) is 4. The summed E-state index contributed by atoms with van der Waals surface area (Å²) in [6.07, 6.45) is 1.79. The molecule has 200 valence electrons. The Balaban J connectivity index is 1.62. The Labute approximate surface area is 246 Å². The number of benzene rings is 2. The van der Waals surface area contributed by atoms with Crippen molar-refractivity contribution in [1.82, 2.24) is 14.9 Å². The lowest BCUT2D eigenvalue weighted by Gasteiger charge is -2.28. The van der Waals surface area contributed by atoms with Gasteiger partial charge in [0.05, 0.1) is 34.2 Å². The maximum atomic E-state index is 12.1. The number of para-hydroxylation sites is 1. The van der Waals surface area contributed by atoms with E-state index in [2.05, 4.69) is 67.0 Å². The zero-order chi connectivity index (χ0) is 27.7. The van der Waals surface area contributed by atoms with Crippen LogP contribution in [-0.2, 0) is 9.53 Å². The molecule has 2 aromatic carbocycles. The van der Waals surface area contributed by atoms with Gasteiger partial charge in [-0.2, -0.15) is 0 Å². The van der Waals surface area contributed by atoms with E-state index in [1.807, 2.05) is 48.5 Å². The summed E-state index contributed by atoms with van der Waals surface area (Å²) in [4.78, 5) is 18.8. The number of carbonyl (C=O) groups is 1. The molecule has 39 heavy (non-hydrogen) atoms. The molecule has 5 rings (SSSR count). The lowest BCUT2D eigenvalue weighted by Crippen LogP contribution is -2.29. The summed E-state index contributed by atoms with van der Waals surface area (Å²) in [5, 5.41) is 7.25. The number of methoxy groups -OCH3 is 1. The second-order valence-corrected chi connectivity index (χ2v) is 10.9. The Hall–Kier alpha value is -3.24. The van der Waals surface area contributed by atoms with E-state index in [9.17, 15) is 4.79 Å². The highest BCUT2D eigenvalue weighted by Gasteiger charge is 2.42. The lowest BCUT2D eigenvalue weighted by molar-refractivity contribution is -0.119. The molecule has 1 saturated heterocycles. The molecule has 2 aromatic heterocycles. The highest BCUT2D eigenvalue weighted by atomic mass is 79.9. The fourth-order valence-corrected chi connectivity index (χ4v) is 6.14. The number of amides is 1. The Morgan fingerprint density at radius 3 is 2.62 bits per heavy atom. The first-order valence-corrected chi connectivity index (χ1v) is 13.9. The number of pyridine rings is 1. The number of nitrogens with zero attached hydrogens (tertiary/aromatic N) is 3. The van der Waals surface area contributed by atoms with E-state index in [0.29, 0.717) is 15.8 Å². The molecule has 1 aliphatic rings. The average molecular weight is 625 g/mol. The third-order valence-corrected chi connectivity index (χ3v) is 8.06. The number of halogens is 2. The van der Waals surface area contributed by atoms with Crippen molar-refractivity contribution in [2.45, 2.75) is 25.9 Å². The fraction of sp³-hybridized carbons (Fsp3) is 0.207. The van der Waals surface area contributed by atoms with E-state index in [4.69, 9.17) is 28.6 Å². The molecule has 0 unspecified atom stereocenters.